The highest BCUT2D eigenvalue weighted by Gasteiger charge is 2.23. The van der Waals surface area contributed by atoms with Crippen LogP contribution in [0.25, 0.3) is 11.0 Å². The van der Waals surface area contributed by atoms with Gasteiger partial charge in [0.05, 0.1) is 11.6 Å². The van der Waals surface area contributed by atoms with E-state index in [1.165, 1.54) is 5.56 Å². The minimum Gasteiger partial charge on any atom is -0.384 e. The fourth-order valence-electron chi connectivity index (χ4n) is 3.38. The third-order valence-corrected chi connectivity index (χ3v) is 4.74. The van der Waals surface area contributed by atoms with E-state index in [1.54, 1.807) is 12.4 Å². The van der Waals surface area contributed by atoms with E-state index in [0.29, 0.717) is 17.4 Å². The molecule has 3 aromatic heterocycles. The highest BCUT2D eigenvalue weighted by Crippen LogP contribution is 2.31. The lowest BCUT2D eigenvalue weighted by molar-refractivity contribution is 0.503. The maximum atomic E-state index is 5.76. The van der Waals surface area contributed by atoms with E-state index in [4.69, 9.17) is 5.73 Å². The molecular formula is C17H21N7. The molecule has 0 spiro atoms. The SMILES string of the molecule is CCn1cc(C2CCN(c3ncnc4nc(N)ccc34)CC2)cn1. The molecule has 0 unspecified atom stereocenters. The van der Waals surface area contributed by atoms with Gasteiger partial charge in [-0.2, -0.15) is 5.10 Å². The standard InChI is InChI=1S/C17H21N7/c1-2-24-10-13(9-21-24)12-5-7-23(8-6-12)17-14-3-4-15(18)22-16(14)19-11-20-17/h3-4,9-12H,2,5-8H2,1H3,(H2,18,19,20,22). The number of aromatic nitrogens is 5. The molecule has 1 fully saturated rings. The zero-order valence-corrected chi connectivity index (χ0v) is 13.8. The molecule has 0 aliphatic carbocycles. The van der Waals surface area contributed by atoms with Gasteiger partial charge >= 0.3 is 0 Å². The van der Waals surface area contributed by atoms with Crippen LogP contribution < -0.4 is 10.6 Å². The van der Waals surface area contributed by atoms with Crippen LogP contribution in [-0.2, 0) is 6.54 Å². The molecule has 124 valence electrons. The summed E-state index contributed by atoms with van der Waals surface area (Å²) in [7, 11) is 0. The Labute approximate surface area is 140 Å². The lowest BCUT2D eigenvalue weighted by atomic mass is 9.91. The van der Waals surface area contributed by atoms with E-state index < -0.39 is 0 Å². The first kappa shape index (κ1) is 14.9. The zero-order valence-electron chi connectivity index (χ0n) is 13.8. The Morgan fingerprint density at radius 2 is 2.04 bits per heavy atom. The van der Waals surface area contributed by atoms with E-state index in [1.807, 2.05) is 16.9 Å². The molecule has 3 aromatic rings. The van der Waals surface area contributed by atoms with Crippen molar-refractivity contribution in [2.75, 3.05) is 23.7 Å². The first-order chi connectivity index (χ1) is 11.7. The molecule has 1 saturated heterocycles. The van der Waals surface area contributed by atoms with E-state index >= 15 is 0 Å². The number of nitrogens with two attached hydrogens (primary N) is 1. The number of fused-ring (bicyclic) bond motifs is 1. The largest absolute Gasteiger partial charge is 0.384 e. The van der Waals surface area contributed by atoms with Crippen molar-refractivity contribution in [2.45, 2.75) is 32.2 Å². The van der Waals surface area contributed by atoms with Gasteiger partial charge in [0.2, 0.25) is 0 Å². The molecule has 7 heteroatoms. The van der Waals surface area contributed by atoms with Gasteiger partial charge in [-0.1, -0.05) is 0 Å². The van der Waals surface area contributed by atoms with Crippen LogP contribution in [0.15, 0.2) is 30.9 Å². The van der Waals surface area contributed by atoms with Gasteiger partial charge in [-0.3, -0.25) is 4.68 Å². The molecule has 4 heterocycles. The average molecular weight is 323 g/mol. The topological polar surface area (TPSA) is 85.8 Å². The van der Waals surface area contributed by atoms with Crippen molar-refractivity contribution < 1.29 is 0 Å². The minimum atomic E-state index is 0.485. The van der Waals surface area contributed by atoms with E-state index in [2.05, 4.69) is 38.1 Å². The van der Waals surface area contributed by atoms with Gasteiger partial charge in [-0.15, -0.1) is 0 Å². The lowest BCUT2D eigenvalue weighted by Crippen LogP contribution is -2.33. The van der Waals surface area contributed by atoms with Crippen LogP contribution >= 0.6 is 0 Å². The van der Waals surface area contributed by atoms with Gasteiger partial charge in [0.15, 0.2) is 5.65 Å². The normalized spacial score (nSPS) is 16.0. The molecule has 24 heavy (non-hydrogen) atoms. The van der Waals surface area contributed by atoms with Crippen LogP contribution in [0.1, 0.15) is 31.2 Å². The van der Waals surface area contributed by atoms with Crippen molar-refractivity contribution in [3.8, 4) is 0 Å². The highest BCUT2D eigenvalue weighted by molar-refractivity contribution is 5.87. The third kappa shape index (κ3) is 2.66. The van der Waals surface area contributed by atoms with Crippen molar-refractivity contribution in [3.63, 3.8) is 0 Å². The average Bonchev–Trinajstić information content (AvgIpc) is 3.10. The number of aryl methyl sites for hydroxylation is 1. The number of hydrogen-bond acceptors (Lipinski definition) is 6. The maximum Gasteiger partial charge on any atom is 0.166 e. The minimum absolute atomic E-state index is 0.485. The summed E-state index contributed by atoms with van der Waals surface area (Å²) in [6.07, 6.45) is 7.96. The Hall–Kier alpha value is -2.70. The fourth-order valence-corrected chi connectivity index (χ4v) is 3.38. The van der Waals surface area contributed by atoms with Gasteiger partial charge in [0.25, 0.3) is 0 Å². The molecule has 0 radical (unpaired) electrons. The van der Waals surface area contributed by atoms with E-state index in [0.717, 1.165) is 43.7 Å². The van der Waals surface area contributed by atoms with Crippen molar-refractivity contribution >= 4 is 22.7 Å². The molecule has 0 bridgehead atoms. The molecule has 1 aliphatic heterocycles. The van der Waals surface area contributed by atoms with Gasteiger partial charge in [-0.25, -0.2) is 15.0 Å². The number of nitrogen functional groups attached to an aromatic ring is 1. The molecule has 4 rings (SSSR count). The summed E-state index contributed by atoms with van der Waals surface area (Å²) in [5, 5.41) is 5.36. The maximum absolute atomic E-state index is 5.76. The summed E-state index contributed by atoms with van der Waals surface area (Å²) in [6, 6.07) is 3.77. The second-order valence-corrected chi connectivity index (χ2v) is 6.20. The second kappa shape index (κ2) is 6.07. The summed E-state index contributed by atoms with van der Waals surface area (Å²) in [6.45, 7) is 4.97. The van der Waals surface area contributed by atoms with Crippen molar-refractivity contribution in [2.24, 2.45) is 0 Å². The van der Waals surface area contributed by atoms with Crippen LogP contribution in [0.4, 0.5) is 11.6 Å². The number of rotatable bonds is 3. The van der Waals surface area contributed by atoms with Gasteiger partial charge < -0.3 is 10.6 Å². The molecular weight excluding hydrogens is 302 g/mol. The van der Waals surface area contributed by atoms with Crippen LogP contribution in [-0.4, -0.2) is 37.8 Å². The first-order valence-electron chi connectivity index (χ1n) is 8.39. The number of nitrogens with zero attached hydrogens (tertiary/aromatic N) is 6. The molecule has 0 amide bonds. The van der Waals surface area contributed by atoms with Gasteiger partial charge in [-0.05, 0) is 43.4 Å². The third-order valence-electron chi connectivity index (χ3n) is 4.74. The molecule has 1 aliphatic rings. The molecule has 7 nitrogen and oxygen atoms in total. The first-order valence-corrected chi connectivity index (χ1v) is 8.39. The molecule has 2 N–H and O–H groups in total. The molecule has 0 atom stereocenters. The van der Waals surface area contributed by atoms with Crippen LogP contribution in [0, 0.1) is 0 Å². The summed E-state index contributed by atoms with van der Waals surface area (Å²) in [4.78, 5) is 15.3. The Morgan fingerprint density at radius 3 is 2.79 bits per heavy atom. The van der Waals surface area contributed by atoms with Crippen molar-refractivity contribution in [1.82, 2.24) is 24.7 Å². The molecule has 0 saturated carbocycles. The number of anilines is 2. The Morgan fingerprint density at radius 1 is 1.21 bits per heavy atom. The lowest BCUT2D eigenvalue weighted by Gasteiger charge is -2.32. The smallest absolute Gasteiger partial charge is 0.166 e. The predicted molar refractivity (Wildman–Crippen MR) is 93.8 cm³/mol. The fraction of sp³-hybridized carbons (Fsp3) is 0.412. The van der Waals surface area contributed by atoms with Crippen molar-refractivity contribution in [3.05, 3.63) is 36.4 Å². The van der Waals surface area contributed by atoms with Crippen molar-refractivity contribution in [1.29, 1.82) is 0 Å². The highest BCUT2D eigenvalue weighted by atomic mass is 15.3. The quantitative estimate of drug-likeness (QED) is 0.795. The van der Waals surface area contributed by atoms with Gasteiger partial charge in [0, 0.05) is 25.8 Å². The summed E-state index contributed by atoms with van der Waals surface area (Å²) in [5.74, 6) is 2.01. The van der Waals surface area contributed by atoms with Crippen LogP contribution in [0.5, 0.6) is 0 Å². The summed E-state index contributed by atoms with van der Waals surface area (Å²) < 4.78 is 2.00. The van der Waals surface area contributed by atoms with Crippen LogP contribution in [0.3, 0.4) is 0 Å². The molecule has 0 aromatic carbocycles. The van der Waals surface area contributed by atoms with Gasteiger partial charge in [0.1, 0.15) is 18.0 Å². The van der Waals surface area contributed by atoms with E-state index in [-0.39, 0.29) is 0 Å². The Kier molecular flexibility index (Phi) is 3.76. The Balaban J connectivity index is 1.53. The summed E-state index contributed by atoms with van der Waals surface area (Å²) in [5.41, 5.74) is 7.76. The second-order valence-electron chi connectivity index (χ2n) is 6.20. The summed E-state index contributed by atoms with van der Waals surface area (Å²) >= 11 is 0. The number of piperidine rings is 1. The Bertz CT molecular complexity index is 849. The monoisotopic (exact) mass is 323 g/mol. The van der Waals surface area contributed by atoms with E-state index in [9.17, 15) is 0 Å². The van der Waals surface area contributed by atoms with Crippen LogP contribution in [0.2, 0.25) is 0 Å². The number of pyridine rings is 1. The predicted octanol–water partition coefficient (Wildman–Crippen LogP) is 2.21. The number of hydrogen-bond donors (Lipinski definition) is 1. The zero-order chi connectivity index (χ0) is 16.5.